The third kappa shape index (κ3) is 8.50. The van der Waals surface area contributed by atoms with E-state index in [0.29, 0.717) is 49.1 Å². The summed E-state index contributed by atoms with van der Waals surface area (Å²) in [4.78, 5) is 20.2. The van der Waals surface area contributed by atoms with Gasteiger partial charge in [-0.2, -0.15) is 26.3 Å². The predicted octanol–water partition coefficient (Wildman–Crippen LogP) is 7.21. The number of oxazole rings is 1. The number of fused-ring (bicyclic) bond motifs is 1. The molecule has 3 aromatic carbocycles. The van der Waals surface area contributed by atoms with Crippen LogP contribution in [-0.2, 0) is 23.8 Å². The highest BCUT2D eigenvalue weighted by molar-refractivity contribution is 7.99. The second-order valence-corrected chi connectivity index (χ2v) is 11.5. The molecule has 0 spiro atoms. The van der Waals surface area contributed by atoms with Crippen LogP contribution < -0.4 is 10.1 Å². The molecule has 1 N–H and O–H groups in total. The van der Waals surface area contributed by atoms with Crippen molar-refractivity contribution >= 4 is 34.5 Å². The minimum Gasteiger partial charge on any atom is -0.489 e. The van der Waals surface area contributed by atoms with Gasteiger partial charge < -0.3 is 14.5 Å². The smallest absolute Gasteiger partial charge is 0.418 e. The Morgan fingerprint density at radius 1 is 0.894 bits per heavy atom. The maximum atomic E-state index is 14.0. The number of ether oxygens (including phenoxy) is 1. The molecular weight excluding hydrogens is 667 g/mol. The number of nitrogens with zero attached hydrogens (tertiary/aromatic N) is 3. The molecule has 1 fully saturated rings. The van der Waals surface area contributed by atoms with Crippen LogP contribution in [-0.4, -0.2) is 65.7 Å². The number of amides is 1. The van der Waals surface area contributed by atoms with Crippen LogP contribution in [0.2, 0.25) is 0 Å². The second-order valence-electron chi connectivity index (χ2n) is 10.5. The summed E-state index contributed by atoms with van der Waals surface area (Å²) in [6, 6.07) is 9.72. The van der Waals surface area contributed by atoms with Gasteiger partial charge in [0.2, 0.25) is 5.91 Å². The van der Waals surface area contributed by atoms with Crippen molar-refractivity contribution in [3.8, 4) is 5.75 Å². The Bertz CT molecular complexity index is 1690. The number of anilines is 1. The van der Waals surface area contributed by atoms with Gasteiger partial charge in [-0.3, -0.25) is 14.6 Å². The van der Waals surface area contributed by atoms with Crippen LogP contribution in [0.25, 0.3) is 11.1 Å². The van der Waals surface area contributed by atoms with Crippen LogP contribution in [0.4, 0.5) is 45.2 Å². The summed E-state index contributed by atoms with van der Waals surface area (Å²) in [5.74, 6) is -5.84. The molecule has 0 radical (unpaired) electrons. The average Bonchev–Trinajstić information content (AvgIpc) is 3.42. The fourth-order valence-electron chi connectivity index (χ4n) is 4.85. The maximum Gasteiger partial charge on any atom is 0.418 e. The fraction of sp³-hybridized carbons (Fsp3) is 0.333. The maximum absolute atomic E-state index is 14.0. The van der Waals surface area contributed by atoms with Crippen molar-refractivity contribution in [1.29, 1.82) is 0 Å². The summed E-state index contributed by atoms with van der Waals surface area (Å²) >= 11 is 1.08. The van der Waals surface area contributed by atoms with Crippen LogP contribution in [0.5, 0.6) is 5.75 Å². The van der Waals surface area contributed by atoms with E-state index in [2.05, 4.69) is 4.98 Å². The molecule has 0 unspecified atom stereocenters. The molecule has 7 nitrogen and oxygen atoms in total. The van der Waals surface area contributed by atoms with Gasteiger partial charge in [0.25, 0.3) is 5.22 Å². The van der Waals surface area contributed by atoms with Crippen LogP contribution in [0.15, 0.2) is 58.2 Å². The van der Waals surface area contributed by atoms with E-state index >= 15 is 0 Å². The van der Waals surface area contributed by atoms with E-state index in [4.69, 9.17) is 9.15 Å². The number of hydrogen-bond donors (Lipinski definition) is 1. The van der Waals surface area contributed by atoms with E-state index < -0.39 is 70.3 Å². The molecule has 0 bridgehead atoms. The molecule has 1 aliphatic heterocycles. The summed E-state index contributed by atoms with van der Waals surface area (Å²) in [7, 11) is 0. The van der Waals surface area contributed by atoms with Gasteiger partial charge in [-0.15, -0.1) is 0 Å². The molecule has 5 rings (SSSR count). The molecule has 0 aliphatic carbocycles. The number of benzene rings is 3. The van der Waals surface area contributed by atoms with Crippen LogP contribution in [0.3, 0.4) is 0 Å². The number of piperazine rings is 1. The normalized spacial score (nSPS) is 14.9. The van der Waals surface area contributed by atoms with E-state index in [9.17, 15) is 44.3 Å². The van der Waals surface area contributed by atoms with Crippen molar-refractivity contribution in [3.63, 3.8) is 0 Å². The van der Waals surface area contributed by atoms with E-state index in [1.807, 2.05) is 10.2 Å². The molecule has 2 heterocycles. The Morgan fingerprint density at radius 2 is 1.51 bits per heavy atom. The lowest BCUT2D eigenvalue weighted by molar-refractivity contribution is -0.142. The van der Waals surface area contributed by atoms with Crippen LogP contribution in [0.1, 0.15) is 16.7 Å². The minimum absolute atomic E-state index is 0.00597. The molecule has 4 aromatic rings. The van der Waals surface area contributed by atoms with Crippen molar-refractivity contribution in [3.05, 3.63) is 82.7 Å². The van der Waals surface area contributed by atoms with Crippen molar-refractivity contribution in [2.75, 3.05) is 50.3 Å². The number of aromatic nitrogens is 1. The fourth-order valence-corrected chi connectivity index (χ4v) is 5.68. The van der Waals surface area contributed by atoms with Crippen LogP contribution >= 0.6 is 11.8 Å². The van der Waals surface area contributed by atoms with E-state index in [0.717, 1.165) is 11.8 Å². The van der Waals surface area contributed by atoms with Crippen molar-refractivity contribution in [2.24, 2.45) is 0 Å². The molecule has 1 saturated heterocycles. The minimum atomic E-state index is -5.24. The number of carbonyl (C=O) groups is 1. The van der Waals surface area contributed by atoms with Gasteiger partial charge in [0.05, 0.1) is 23.4 Å². The lowest BCUT2D eigenvalue weighted by Crippen LogP contribution is -2.49. The molecule has 0 saturated carbocycles. The molecule has 252 valence electrons. The molecule has 1 aliphatic rings. The van der Waals surface area contributed by atoms with Gasteiger partial charge >= 0.3 is 12.4 Å². The van der Waals surface area contributed by atoms with E-state index in [-0.39, 0.29) is 30.5 Å². The SMILES string of the molecule is O=C(CN1CCN(CCSc2nc3c(F)c(F)c(F)cc3o2)CC1)Nc1c(C(F)(F)F)cc(OCc2ccccc2)cc1C(F)(F)F. The first-order valence-corrected chi connectivity index (χ1v) is 15.0. The third-order valence-electron chi connectivity index (χ3n) is 7.20. The van der Waals surface area contributed by atoms with Gasteiger partial charge in [0, 0.05) is 44.5 Å². The number of thioether (sulfide) groups is 1. The molecule has 1 aromatic heterocycles. The summed E-state index contributed by atoms with van der Waals surface area (Å²) < 4.78 is 135. The zero-order valence-electron chi connectivity index (χ0n) is 24.2. The van der Waals surface area contributed by atoms with Gasteiger partial charge in [0.1, 0.15) is 17.9 Å². The molecule has 47 heavy (non-hydrogen) atoms. The lowest BCUT2D eigenvalue weighted by atomic mass is 10.0. The Hall–Kier alpha value is -3.96. The molecule has 1 amide bonds. The van der Waals surface area contributed by atoms with E-state index in [1.54, 1.807) is 35.2 Å². The highest BCUT2D eigenvalue weighted by Crippen LogP contribution is 2.45. The van der Waals surface area contributed by atoms with Gasteiger partial charge in [-0.05, 0) is 17.7 Å². The quantitative estimate of drug-likeness (QED) is 0.107. The molecular formula is C30H25F9N4O3S. The predicted molar refractivity (Wildman–Crippen MR) is 153 cm³/mol. The number of rotatable bonds is 10. The monoisotopic (exact) mass is 692 g/mol. The Morgan fingerprint density at radius 3 is 2.13 bits per heavy atom. The van der Waals surface area contributed by atoms with Crippen molar-refractivity contribution in [1.82, 2.24) is 14.8 Å². The lowest BCUT2D eigenvalue weighted by Gasteiger charge is -2.34. The number of nitrogens with one attached hydrogen (secondary N) is 1. The summed E-state index contributed by atoms with van der Waals surface area (Å²) in [5, 5.41) is 1.85. The van der Waals surface area contributed by atoms with E-state index in [1.165, 1.54) is 0 Å². The number of carbonyl (C=O) groups excluding carboxylic acids is 1. The Labute approximate surface area is 265 Å². The summed E-state index contributed by atoms with van der Waals surface area (Å²) in [6.45, 7) is 1.15. The first-order chi connectivity index (χ1) is 22.2. The van der Waals surface area contributed by atoms with Gasteiger partial charge in [-0.1, -0.05) is 42.1 Å². The standard InChI is InChI=1S/C30H25F9N4O3S/c31-21-14-22-27(25(33)24(21)32)41-28(46-22)47-11-10-42-6-8-43(9-7-42)15-23(44)40-26-19(29(34,35)36)12-18(13-20(26)30(37,38)39)45-16-17-4-2-1-3-5-17/h1-5,12-14H,6-11,15-16H2,(H,40,44). The zero-order chi connectivity index (χ0) is 33.9. The molecule has 0 atom stereocenters. The van der Waals surface area contributed by atoms with Crippen molar-refractivity contribution in [2.45, 2.75) is 24.2 Å². The van der Waals surface area contributed by atoms with Crippen LogP contribution in [0, 0.1) is 17.5 Å². The topological polar surface area (TPSA) is 70.8 Å². The summed E-state index contributed by atoms with van der Waals surface area (Å²) in [5.41, 5.74) is -4.93. The zero-order valence-corrected chi connectivity index (χ0v) is 25.0. The highest BCUT2D eigenvalue weighted by Gasteiger charge is 2.42. The number of hydrogen-bond acceptors (Lipinski definition) is 7. The first kappa shape index (κ1) is 34.4. The third-order valence-corrected chi connectivity index (χ3v) is 8.01. The number of halogens is 9. The average molecular weight is 693 g/mol. The summed E-state index contributed by atoms with van der Waals surface area (Å²) in [6.07, 6.45) is -10.5. The first-order valence-electron chi connectivity index (χ1n) is 14.0. The molecule has 17 heteroatoms. The second kappa shape index (κ2) is 14.0. The Balaban J connectivity index is 1.17. The largest absolute Gasteiger partial charge is 0.489 e. The highest BCUT2D eigenvalue weighted by atomic mass is 32.2. The van der Waals surface area contributed by atoms with Crippen molar-refractivity contribution < 1.29 is 53.5 Å². The van der Waals surface area contributed by atoms with Gasteiger partial charge in [-0.25, -0.2) is 18.2 Å². The van der Waals surface area contributed by atoms with Gasteiger partial charge in [0.15, 0.2) is 23.0 Å². The Kier molecular flexibility index (Phi) is 10.3. The number of alkyl halides is 6.